The van der Waals surface area contributed by atoms with Gasteiger partial charge in [-0.15, -0.1) is 0 Å². The van der Waals surface area contributed by atoms with Gasteiger partial charge in [0.25, 0.3) is 0 Å². The van der Waals surface area contributed by atoms with E-state index in [1.54, 1.807) is 0 Å². The Hall–Kier alpha value is -1.31. The highest BCUT2D eigenvalue weighted by Crippen LogP contribution is 2.54. The van der Waals surface area contributed by atoms with Crippen LogP contribution in [0.5, 0.6) is 0 Å². The molecule has 20 heavy (non-hydrogen) atoms. The molecule has 2 nitrogen and oxygen atoms in total. The summed E-state index contributed by atoms with van der Waals surface area (Å²) in [4.78, 5) is 12.4. The van der Waals surface area contributed by atoms with Gasteiger partial charge >= 0.3 is 5.97 Å². The lowest BCUT2D eigenvalue weighted by Gasteiger charge is -2.25. The highest BCUT2D eigenvalue weighted by molar-refractivity contribution is 5.79. The largest absolute Gasteiger partial charge is 0.462 e. The Balaban J connectivity index is 2.03. The average molecular weight is 274 g/mol. The predicted molar refractivity (Wildman–Crippen MR) is 81.5 cm³/mol. The minimum absolute atomic E-state index is 0.0168. The molecular weight excluding hydrogens is 248 g/mol. The maximum Gasteiger partial charge on any atom is 0.310 e. The number of rotatable bonds is 5. The lowest BCUT2D eigenvalue weighted by Crippen LogP contribution is -2.30. The summed E-state index contributed by atoms with van der Waals surface area (Å²) in [5, 5.41) is 0. The Morgan fingerprint density at radius 1 is 1.15 bits per heavy atom. The van der Waals surface area contributed by atoms with E-state index in [1.807, 2.05) is 18.2 Å². The number of hydrogen-bond donors (Lipinski definition) is 0. The molecule has 2 rings (SSSR count). The van der Waals surface area contributed by atoms with E-state index in [2.05, 4.69) is 46.8 Å². The molecule has 1 aliphatic rings. The lowest BCUT2D eigenvalue weighted by atomic mass is 9.94. The lowest BCUT2D eigenvalue weighted by molar-refractivity contribution is -0.156. The first-order valence-electron chi connectivity index (χ1n) is 7.62. The van der Waals surface area contributed by atoms with Crippen LogP contribution < -0.4 is 0 Å². The average Bonchev–Trinajstić information content (AvgIpc) is 3.10. The number of ether oxygens (including phenoxy) is 1. The van der Waals surface area contributed by atoms with E-state index in [9.17, 15) is 4.79 Å². The summed E-state index contributed by atoms with van der Waals surface area (Å²) in [5.74, 6) is 0.718. The van der Waals surface area contributed by atoms with Crippen molar-refractivity contribution in [1.82, 2.24) is 0 Å². The number of esters is 1. The van der Waals surface area contributed by atoms with Crippen LogP contribution in [0.3, 0.4) is 0 Å². The molecule has 0 saturated heterocycles. The first kappa shape index (κ1) is 15.1. The van der Waals surface area contributed by atoms with E-state index in [4.69, 9.17) is 4.74 Å². The molecule has 0 aliphatic heterocycles. The minimum atomic E-state index is -0.0309. The van der Waals surface area contributed by atoms with Crippen LogP contribution >= 0.6 is 0 Å². The van der Waals surface area contributed by atoms with Gasteiger partial charge in [0.2, 0.25) is 0 Å². The first-order chi connectivity index (χ1) is 9.36. The van der Waals surface area contributed by atoms with Crippen LogP contribution in [0.15, 0.2) is 30.3 Å². The van der Waals surface area contributed by atoms with E-state index in [0.29, 0.717) is 11.8 Å². The molecule has 110 valence electrons. The van der Waals surface area contributed by atoms with Crippen molar-refractivity contribution in [3.63, 3.8) is 0 Å². The standard InChI is InChI=1S/C18H26O2/c1-12(2)16(13(3)4)20-17(19)15-11-18(15,5)14-9-7-6-8-10-14/h6-10,12-13,15-16H,11H2,1-5H3/t15-,18-/m1/s1. The van der Waals surface area contributed by atoms with Crippen LogP contribution in [-0.4, -0.2) is 12.1 Å². The van der Waals surface area contributed by atoms with Gasteiger partial charge in [-0.1, -0.05) is 65.0 Å². The summed E-state index contributed by atoms with van der Waals surface area (Å²) in [7, 11) is 0. The molecular formula is C18H26O2. The molecule has 1 aliphatic carbocycles. The minimum Gasteiger partial charge on any atom is -0.462 e. The number of benzene rings is 1. The fraction of sp³-hybridized carbons (Fsp3) is 0.611. The van der Waals surface area contributed by atoms with Gasteiger partial charge in [0.15, 0.2) is 0 Å². The van der Waals surface area contributed by atoms with Gasteiger partial charge in [-0.25, -0.2) is 0 Å². The van der Waals surface area contributed by atoms with Crippen molar-refractivity contribution in [1.29, 1.82) is 0 Å². The van der Waals surface area contributed by atoms with Gasteiger partial charge in [0, 0.05) is 5.41 Å². The molecule has 0 unspecified atom stereocenters. The van der Waals surface area contributed by atoms with Crippen molar-refractivity contribution in [3.8, 4) is 0 Å². The van der Waals surface area contributed by atoms with Gasteiger partial charge in [-0.05, 0) is 23.8 Å². The third-order valence-electron chi connectivity index (χ3n) is 4.52. The zero-order valence-electron chi connectivity index (χ0n) is 13.2. The molecule has 2 heteroatoms. The molecule has 1 fully saturated rings. The SMILES string of the molecule is CC(C)C(OC(=O)[C@H]1C[C@]1(C)c1ccccc1)C(C)C. The molecule has 0 spiro atoms. The second kappa shape index (κ2) is 5.59. The molecule has 0 aromatic heterocycles. The maximum atomic E-state index is 12.4. The summed E-state index contributed by atoms with van der Waals surface area (Å²) in [5.41, 5.74) is 1.21. The monoisotopic (exact) mass is 274 g/mol. The number of carbonyl (C=O) groups is 1. The third-order valence-corrected chi connectivity index (χ3v) is 4.52. The third kappa shape index (κ3) is 2.89. The van der Waals surface area contributed by atoms with E-state index in [1.165, 1.54) is 5.56 Å². The van der Waals surface area contributed by atoms with Gasteiger partial charge in [0.05, 0.1) is 5.92 Å². The van der Waals surface area contributed by atoms with Crippen LogP contribution in [-0.2, 0) is 14.9 Å². The van der Waals surface area contributed by atoms with Crippen LogP contribution in [0.25, 0.3) is 0 Å². The highest BCUT2D eigenvalue weighted by Gasteiger charge is 2.56. The fourth-order valence-electron chi connectivity index (χ4n) is 3.10. The zero-order valence-corrected chi connectivity index (χ0v) is 13.2. The predicted octanol–water partition coefficient (Wildman–Crippen LogP) is 4.19. The normalized spacial score (nSPS) is 25.3. The van der Waals surface area contributed by atoms with Crippen LogP contribution in [0.2, 0.25) is 0 Å². The summed E-state index contributed by atoms with van der Waals surface area (Å²) in [6.07, 6.45) is 0.918. The van der Waals surface area contributed by atoms with Crippen molar-refractivity contribution < 1.29 is 9.53 Å². The van der Waals surface area contributed by atoms with Crippen molar-refractivity contribution in [2.24, 2.45) is 17.8 Å². The van der Waals surface area contributed by atoms with Crippen molar-refractivity contribution in [3.05, 3.63) is 35.9 Å². The van der Waals surface area contributed by atoms with Gasteiger partial charge in [-0.2, -0.15) is 0 Å². The van der Waals surface area contributed by atoms with Crippen LogP contribution in [0.1, 0.15) is 46.6 Å². The second-order valence-electron chi connectivity index (χ2n) is 6.93. The van der Waals surface area contributed by atoms with Gasteiger partial charge < -0.3 is 4.74 Å². The molecule has 0 radical (unpaired) electrons. The zero-order chi connectivity index (χ0) is 14.9. The van der Waals surface area contributed by atoms with Crippen molar-refractivity contribution in [2.75, 3.05) is 0 Å². The quantitative estimate of drug-likeness (QED) is 0.753. The van der Waals surface area contributed by atoms with Gasteiger partial charge in [0.1, 0.15) is 6.10 Å². The summed E-state index contributed by atoms with van der Waals surface area (Å²) < 4.78 is 5.78. The van der Waals surface area contributed by atoms with E-state index in [0.717, 1.165) is 6.42 Å². The van der Waals surface area contributed by atoms with E-state index < -0.39 is 0 Å². The Labute approximate surface area is 122 Å². The van der Waals surface area contributed by atoms with Crippen molar-refractivity contribution in [2.45, 2.75) is 52.6 Å². The number of carbonyl (C=O) groups excluding carboxylic acids is 1. The van der Waals surface area contributed by atoms with E-state index >= 15 is 0 Å². The maximum absolute atomic E-state index is 12.4. The summed E-state index contributed by atoms with van der Waals surface area (Å²) >= 11 is 0. The topological polar surface area (TPSA) is 26.3 Å². The Morgan fingerprint density at radius 3 is 2.20 bits per heavy atom. The first-order valence-corrected chi connectivity index (χ1v) is 7.62. The molecule has 0 amide bonds. The molecule has 1 aromatic rings. The van der Waals surface area contributed by atoms with E-state index in [-0.39, 0.29) is 23.4 Å². The molecule has 0 N–H and O–H groups in total. The highest BCUT2D eigenvalue weighted by atomic mass is 16.5. The fourth-order valence-corrected chi connectivity index (χ4v) is 3.10. The second-order valence-corrected chi connectivity index (χ2v) is 6.93. The Kier molecular flexibility index (Phi) is 4.22. The van der Waals surface area contributed by atoms with Gasteiger partial charge in [-0.3, -0.25) is 4.79 Å². The molecule has 1 aromatic carbocycles. The smallest absolute Gasteiger partial charge is 0.310 e. The Morgan fingerprint density at radius 2 is 1.70 bits per heavy atom. The van der Waals surface area contributed by atoms with Crippen molar-refractivity contribution >= 4 is 5.97 Å². The molecule has 1 saturated carbocycles. The molecule has 2 atom stereocenters. The Bertz CT molecular complexity index is 456. The summed E-state index contributed by atoms with van der Waals surface area (Å²) in [6, 6.07) is 10.3. The van der Waals surface area contributed by atoms with Crippen LogP contribution in [0, 0.1) is 17.8 Å². The molecule has 0 heterocycles. The summed E-state index contributed by atoms with van der Waals surface area (Å²) in [6.45, 7) is 10.6. The molecule has 0 bridgehead atoms. The van der Waals surface area contributed by atoms with Crippen LogP contribution in [0.4, 0.5) is 0 Å². The number of hydrogen-bond acceptors (Lipinski definition) is 2.